The maximum absolute atomic E-state index is 14.9. The molecule has 1 fully saturated rings. The van der Waals surface area contributed by atoms with Gasteiger partial charge in [-0.3, -0.25) is 4.79 Å². The average molecular weight is 487 g/mol. The fourth-order valence-corrected chi connectivity index (χ4v) is 4.79. The van der Waals surface area contributed by atoms with E-state index in [4.69, 9.17) is 15.2 Å². The molecule has 1 aromatic heterocycles. The molecule has 2 aromatic rings. The summed E-state index contributed by atoms with van der Waals surface area (Å²) in [4.78, 5) is 24.5. The monoisotopic (exact) mass is 487 g/mol. The predicted molar refractivity (Wildman–Crippen MR) is 115 cm³/mol. The highest BCUT2D eigenvalue weighted by Gasteiger charge is 2.62. The summed E-state index contributed by atoms with van der Waals surface area (Å²) < 4.78 is 65.4. The van der Waals surface area contributed by atoms with Crippen LogP contribution in [0.5, 0.6) is 5.88 Å². The van der Waals surface area contributed by atoms with Gasteiger partial charge in [-0.15, -0.1) is 0 Å². The lowest BCUT2D eigenvalue weighted by Crippen LogP contribution is -2.46. The van der Waals surface area contributed by atoms with E-state index in [1.807, 2.05) is 0 Å². The Morgan fingerprint density at radius 2 is 2.09 bits per heavy atom. The van der Waals surface area contributed by atoms with E-state index >= 15 is 0 Å². The number of hydrogen-bond donors (Lipinski definition) is 2. The highest BCUT2D eigenvalue weighted by molar-refractivity contribution is 8.13. The van der Waals surface area contributed by atoms with Gasteiger partial charge in [0.2, 0.25) is 5.88 Å². The van der Waals surface area contributed by atoms with Gasteiger partial charge in [0, 0.05) is 22.9 Å². The minimum atomic E-state index is -4.65. The second-order valence-corrected chi connectivity index (χ2v) is 8.20. The van der Waals surface area contributed by atoms with Crippen LogP contribution in [0.15, 0.2) is 35.6 Å². The number of amides is 1. The van der Waals surface area contributed by atoms with E-state index in [9.17, 15) is 22.4 Å². The Bertz CT molecular complexity index is 1070. The summed E-state index contributed by atoms with van der Waals surface area (Å²) in [6.45, 7) is -0.499. The third-order valence-corrected chi connectivity index (χ3v) is 6.18. The SMILES string of the molecule is C.COc1cnc(C(=O)Nc2ccc(F)c([C@]34CO[C@H](C(F)(F)F)[C@H]3CSC(N)=N4)c2)cn1. The Hall–Kier alpha value is -2.93. The highest BCUT2D eigenvalue weighted by Crippen LogP contribution is 2.52. The van der Waals surface area contributed by atoms with Crippen LogP contribution in [0.1, 0.15) is 23.5 Å². The molecule has 0 unspecified atom stereocenters. The molecule has 13 heteroatoms. The molecule has 0 aliphatic carbocycles. The quantitative estimate of drug-likeness (QED) is 0.636. The third kappa shape index (κ3) is 4.60. The number of methoxy groups -OCH3 is 1. The van der Waals surface area contributed by atoms with Crippen LogP contribution in [0, 0.1) is 11.7 Å². The van der Waals surface area contributed by atoms with Crippen LogP contribution in [-0.4, -0.2) is 52.8 Å². The third-order valence-electron chi connectivity index (χ3n) is 5.27. The molecule has 2 aliphatic rings. The molecule has 0 saturated carbocycles. The number of ether oxygens (including phenoxy) is 2. The number of carbonyl (C=O) groups excluding carboxylic acids is 1. The molecule has 1 aromatic carbocycles. The van der Waals surface area contributed by atoms with Crippen LogP contribution in [-0.2, 0) is 10.3 Å². The van der Waals surface area contributed by atoms with Crippen molar-refractivity contribution in [3.63, 3.8) is 0 Å². The van der Waals surface area contributed by atoms with Gasteiger partial charge in [0.1, 0.15) is 17.1 Å². The first-order valence-corrected chi connectivity index (χ1v) is 10.3. The zero-order valence-electron chi connectivity index (χ0n) is 16.5. The second kappa shape index (κ2) is 9.14. The van der Waals surface area contributed by atoms with Crippen LogP contribution >= 0.6 is 11.8 Å². The van der Waals surface area contributed by atoms with E-state index in [2.05, 4.69) is 20.3 Å². The number of nitrogens with zero attached hydrogens (tertiary/aromatic N) is 3. The maximum Gasteiger partial charge on any atom is 0.415 e. The van der Waals surface area contributed by atoms with Crippen molar-refractivity contribution in [1.82, 2.24) is 9.97 Å². The van der Waals surface area contributed by atoms with Gasteiger partial charge in [-0.25, -0.2) is 19.4 Å². The van der Waals surface area contributed by atoms with Gasteiger partial charge in [-0.05, 0) is 18.2 Å². The van der Waals surface area contributed by atoms with Gasteiger partial charge in [0.25, 0.3) is 5.91 Å². The molecule has 178 valence electrons. The summed E-state index contributed by atoms with van der Waals surface area (Å²) in [5, 5.41) is 2.57. The van der Waals surface area contributed by atoms with Crippen molar-refractivity contribution < 1.29 is 31.8 Å². The standard InChI is InChI=1S/C19H17F4N5O3S.CH4/c1-30-14-6-25-13(5-26-14)16(29)27-9-2-3-12(20)10(4-9)18-8-31-15(19(21,22)23)11(18)7-32-17(24)28-18;/h2-6,11,15H,7-8H2,1H3,(H2,24,28)(H,27,29);1H4/t11-,15+,18-;/m1./s1. The molecule has 1 saturated heterocycles. The average Bonchev–Trinajstić information content (AvgIpc) is 3.15. The number of anilines is 1. The van der Waals surface area contributed by atoms with Gasteiger partial charge in [-0.1, -0.05) is 19.2 Å². The first-order chi connectivity index (χ1) is 15.1. The van der Waals surface area contributed by atoms with Crippen molar-refractivity contribution in [3.05, 3.63) is 47.7 Å². The van der Waals surface area contributed by atoms with Gasteiger partial charge in [-0.2, -0.15) is 13.2 Å². The number of aliphatic imine (C=N–C) groups is 1. The summed E-state index contributed by atoms with van der Waals surface area (Å²) >= 11 is 0.959. The number of nitrogens with one attached hydrogen (secondary N) is 1. The Labute approximate surface area is 191 Å². The largest absolute Gasteiger partial charge is 0.480 e. The number of rotatable bonds is 4. The number of benzene rings is 1. The number of hydrogen-bond acceptors (Lipinski definition) is 8. The van der Waals surface area contributed by atoms with Crippen molar-refractivity contribution in [1.29, 1.82) is 0 Å². The lowest BCUT2D eigenvalue weighted by molar-refractivity contribution is -0.215. The normalized spacial score (nSPS) is 24.3. The molecule has 8 nitrogen and oxygen atoms in total. The summed E-state index contributed by atoms with van der Waals surface area (Å²) in [6.07, 6.45) is -4.32. The van der Waals surface area contributed by atoms with E-state index in [-0.39, 0.29) is 41.2 Å². The number of fused-ring (bicyclic) bond motifs is 1. The van der Waals surface area contributed by atoms with E-state index in [0.29, 0.717) is 0 Å². The molecular weight excluding hydrogens is 466 g/mol. The Morgan fingerprint density at radius 1 is 1.33 bits per heavy atom. The fourth-order valence-electron chi connectivity index (χ4n) is 3.76. The van der Waals surface area contributed by atoms with Gasteiger partial charge in [0.05, 0.1) is 26.1 Å². The fraction of sp³-hybridized carbons (Fsp3) is 0.400. The highest BCUT2D eigenvalue weighted by atomic mass is 32.2. The van der Waals surface area contributed by atoms with Crippen LogP contribution in [0.25, 0.3) is 0 Å². The molecule has 3 heterocycles. The Kier molecular flexibility index (Phi) is 6.84. The number of halogens is 4. The minimum absolute atomic E-state index is 0. The van der Waals surface area contributed by atoms with E-state index in [1.165, 1.54) is 31.6 Å². The number of aromatic nitrogens is 2. The number of amidine groups is 1. The maximum atomic E-state index is 14.9. The lowest BCUT2D eigenvalue weighted by Gasteiger charge is -2.36. The van der Waals surface area contributed by atoms with Crippen LogP contribution < -0.4 is 15.8 Å². The first kappa shape index (κ1) is 24.7. The number of nitrogens with two attached hydrogens (primary N) is 1. The summed E-state index contributed by atoms with van der Waals surface area (Å²) in [5.41, 5.74) is 4.09. The number of alkyl halides is 3. The number of carbonyl (C=O) groups is 1. The lowest BCUT2D eigenvalue weighted by atomic mass is 9.78. The van der Waals surface area contributed by atoms with Crippen molar-refractivity contribution in [2.24, 2.45) is 16.6 Å². The van der Waals surface area contributed by atoms with E-state index in [0.717, 1.165) is 17.8 Å². The molecule has 0 bridgehead atoms. The topological polar surface area (TPSA) is 112 Å². The summed E-state index contributed by atoms with van der Waals surface area (Å²) in [7, 11) is 1.39. The first-order valence-electron chi connectivity index (χ1n) is 9.28. The summed E-state index contributed by atoms with van der Waals surface area (Å²) in [6, 6.07) is 3.57. The van der Waals surface area contributed by atoms with Crippen molar-refractivity contribution in [3.8, 4) is 5.88 Å². The van der Waals surface area contributed by atoms with Crippen molar-refractivity contribution in [2.45, 2.75) is 25.2 Å². The molecule has 0 spiro atoms. The van der Waals surface area contributed by atoms with Gasteiger partial charge >= 0.3 is 6.18 Å². The molecule has 2 aliphatic heterocycles. The Morgan fingerprint density at radius 3 is 2.73 bits per heavy atom. The Balaban J connectivity index is 0.00000306. The molecule has 4 rings (SSSR count). The van der Waals surface area contributed by atoms with Crippen LogP contribution in [0.3, 0.4) is 0 Å². The zero-order valence-corrected chi connectivity index (χ0v) is 17.3. The minimum Gasteiger partial charge on any atom is -0.480 e. The van der Waals surface area contributed by atoms with Gasteiger partial charge < -0.3 is 20.5 Å². The molecule has 0 radical (unpaired) electrons. The van der Waals surface area contributed by atoms with E-state index < -0.39 is 42.1 Å². The van der Waals surface area contributed by atoms with Crippen LogP contribution in [0.2, 0.25) is 0 Å². The van der Waals surface area contributed by atoms with Crippen LogP contribution in [0.4, 0.5) is 23.2 Å². The summed E-state index contributed by atoms with van der Waals surface area (Å²) in [5.74, 6) is -2.46. The molecule has 33 heavy (non-hydrogen) atoms. The zero-order chi connectivity index (χ0) is 23.1. The smallest absolute Gasteiger partial charge is 0.415 e. The second-order valence-electron chi connectivity index (χ2n) is 7.16. The molecule has 3 N–H and O–H groups in total. The molecule has 1 amide bonds. The van der Waals surface area contributed by atoms with Gasteiger partial charge in [0.15, 0.2) is 11.3 Å². The molecule has 3 atom stereocenters. The van der Waals surface area contributed by atoms with Crippen molar-refractivity contribution >= 4 is 28.5 Å². The van der Waals surface area contributed by atoms with E-state index in [1.54, 1.807) is 0 Å². The van der Waals surface area contributed by atoms with Crippen molar-refractivity contribution in [2.75, 3.05) is 24.8 Å². The molecular formula is C20H21F4N5O3S. The number of thioether (sulfide) groups is 1. The predicted octanol–water partition coefficient (Wildman–Crippen LogP) is 3.35.